The van der Waals surface area contributed by atoms with Crippen molar-refractivity contribution in [2.24, 2.45) is 5.92 Å². The van der Waals surface area contributed by atoms with Gasteiger partial charge in [0.2, 0.25) is 5.91 Å². The van der Waals surface area contributed by atoms with Gasteiger partial charge in [-0.25, -0.2) is 4.39 Å². The van der Waals surface area contributed by atoms with Crippen LogP contribution in [0.25, 0.3) is 0 Å². The van der Waals surface area contributed by atoms with E-state index in [1.54, 1.807) is 38.1 Å². The normalized spacial score (nSPS) is 18.2. The van der Waals surface area contributed by atoms with Gasteiger partial charge in [0, 0.05) is 27.3 Å². The van der Waals surface area contributed by atoms with Crippen molar-refractivity contribution in [3.8, 4) is 0 Å². The number of alkyl halides is 2. The van der Waals surface area contributed by atoms with Crippen LogP contribution < -0.4 is 10.6 Å². The van der Waals surface area contributed by atoms with E-state index >= 15 is 0 Å². The number of hydrogen-bond donors (Lipinski definition) is 2. The Morgan fingerprint density at radius 1 is 0.857 bits per heavy atom. The first-order chi connectivity index (χ1) is 16.4. The molecule has 35 heavy (non-hydrogen) atoms. The van der Waals surface area contributed by atoms with Gasteiger partial charge in [0.15, 0.2) is 0 Å². The molecule has 1 fully saturated rings. The molecule has 1 saturated carbocycles. The number of rotatable bonds is 5. The van der Waals surface area contributed by atoms with E-state index in [1.165, 1.54) is 24.3 Å². The molecule has 2 atom stereocenters. The minimum absolute atomic E-state index is 0.126. The lowest BCUT2D eigenvalue weighted by molar-refractivity contribution is -0.117. The molecule has 182 valence electrons. The van der Waals surface area contributed by atoms with Crippen molar-refractivity contribution in [3.63, 3.8) is 0 Å². The van der Waals surface area contributed by atoms with E-state index in [2.05, 4.69) is 10.6 Å². The second kappa shape index (κ2) is 9.79. The molecule has 1 aliphatic rings. The molecule has 4 rings (SSSR count). The molecule has 3 aromatic carbocycles. The zero-order valence-electron chi connectivity index (χ0n) is 18.4. The van der Waals surface area contributed by atoms with Crippen LogP contribution in [0.4, 0.5) is 15.8 Å². The van der Waals surface area contributed by atoms with E-state index in [4.69, 9.17) is 58.0 Å². The van der Waals surface area contributed by atoms with Crippen molar-refractivity contribution in [1.29, 1.82) is 0 Å². The number of anilines is 2. The van der Waals surface area contributed by atoms with Gasteiger partial charge in [-0.15, -0.1) is 23.2 Å². The lowest BCUT2D eigenvalue weighted by Gasteiger charge is -2.12. The number of hydrogen-bond acceptors (Lipinski definition) is 2. The first kappa shape index (κ1) is 26.1. The van der Waals surface area contributed by atoms with Crippen LogP contribution in [0.5, 0.6) is 0 Å². The van der Waals surface area contributed by atoms with Crippen molar-refractivity contribution >= 4 is 81.2 Å². The molecule has 0 saturated heterocycles. The SMILES string of the molecule is Cc1cc(NC(=O)c2cc(NC(=O)[C@@H]3[C@@H](c4cc(Cl)cc(Cl)c4)C3(Cl)Cl)ccc2Cl)cc(C)c1F. The molecule has 3 aromatic rings. The highest BCUT2D eigenvalue weighted by molar-refractivity contribution is 6.53. The van der Waals surface area contributed by atoms with Crippen LogP contribution in [0.3, 0.4) is 0 Å². The fraction of sp³-hybridized carbons (Fsp3) is 0.200. The molecule has 0 aromatic heterocycles. The van der Waals surface area contributed by atoms with Crippen molar-refractivity contribution < 1.29 is 14.0 Å². The summed E-state index contributed by atoms with van der Waals surface area (Å²) < 4.78 is 12.6. The van der Waals surface area contributed by atoms with Gasteiger partial charge >= 0.3 is 0 Å². The smallest absolute Gasteiger partial charge is 0.257 e. The number of aryl methyl sites for hydroxylation is 2. The van der Waals surface area contributed by atoms with Crippen LogP contribution in [-0.2, 0) is 4.79 Å². The Kier molecular flexibility index (Phi) is 7.29. The Balaban J connectivity index is 1.52. The van der Waals surface area contributed by atoms with Gasteiger partial charge in [-0.05, 0) is 79.1 Å². The molecule has 0 heterocycles. The number of carbonyl (C=O) groups excluding carboxylic acids is 2. The first-order valence-corrected chi connectivity index (χ1v) is 12.3. The Labute approximate surface area is 226 Å². The summed E-state index contributed by atoms with van der Waals surface area (Å²) in [5, 5.41) is 6.43. The summed E-state index contributed by atoms with van der Waals surface area (Å²) in [5.74, 6) is -2.56. The number of amides is 2. The molecule has 4 nitrogen and oxygen atoms in total. The third-order valence-electron chi connectivity index (χ3n) is 5.75. The van der Waals surface area contributed by atoms with Gasteiger partial charge in [-0.2, -0.15) is 0 Å². The van der Waals surface area contributed by atoms with Gasteiger partial charge in [0.25, 0.3) is 5.91 Å². The summed E-state index contributed by atoms with van der Waals surface area (Å²) in [4.78, 5) is 25.9. The quantitative estimate of drug-likeness (QED) is 0.302. The van der Waals surface area contributed by atoms with Crippen molar-refractivity contribution in [2.75, 3.05) is 10.6 Å². The molecule has 0 unspecified atom stereocenters. The highest BCUT2D eigenvalue weighted by Crippen LogP contribution is 2.65. The van der Waals surface area contributed by atoms with Crippen molar-refractivity contribution in [2.45, 2.75) is 24.1 Å². The van der Waals surface area contributed by atoms with Gasteiger partial charge in [0.1, 0.15) is 10.2 Å². The number of nitrogens with one attached hydrogen (secondary N) is 2. The van der Waals surface area contributed by atoms with Gasteiger partial charge < -0.3 is 10.6 Å². The third-order valence-corrected chi connectivity index (χ3v) is 7.46. The summed E-state index contributed by atoms with van der Waals surface area (Å²) in [6, 6.07) is 12.4. The topological polar surface area (TPSA) is 58.2 Å². The highest BCUT2D eigenvalue weighted by atomic mass is 35.5. The molecule has 0 aliphatic heterocycles. The summed E-state index contributed by atoms with van der Waals surface area (Å²) in [6.07, 6.45) is 0. The summed E-state index contributed by atoms with van der Waals surface area (Å²) in [5.41, 5.74) is 2.33. The Hall–Kier alpha value is -2.02. The molecule has 0 radical (unpaired) electrons. The molecule has 2 N–H and O–H groups in total. The van der Waals surface area contributed by atoms with Gasteiger partial charge in [0.05, 0.1) is 16.5 Å². The maximum absolute atomic E-state index is 13.9. The van der Waals surface area contributed by atoms with Gasteiger partial charge in [-0.1, -0.05) is 34.8 Å². The molecule has 0 spiro atoms. The molecular weight excluding hydrogens is 557 g/mol. The zero-order valence-corrected chi connectivity index (χ0v) is 22.1. The number of halogens is 6. The van der Waals surface area contributed by atoms with E-state index < -0.39 is 28.0 Å². The Morgan fingerprint density at radius 2 is 1.46 bits per heavy atom. The monoisotopic (exact) mass is 572 g/mol. The predicted octanol–water partition coefficient (Wildman–Crippen LogP) is 8.18. The maximum atomic E-state index is 13.9. The summed E-state index contributed by atoms with van der Waals surface area (Å²) in [7, 11) is 0. The predicted molar refractivity (Wildman–Crippen MR) is 141 cm³/mol. The lowest BCUT2D eigenvalue weighted by Crippen LogP contribution is -2.18. The van der Waals surface area contributed by atoms with Crippen molar-refractivity contribution in [1.82, 2.24) is 0 Å². The lowest BCUT2D eigenvalue weighted by atomic mass is 10.1. The van der Waals surface area contributed by atoms with Crippen LogP contribution in [0, 0.1) is 25.6 Å². The van der Waals surface area contributed by atoms with Crippen LogP contribution >= 0.6 is 58.0 Å². The molecule has 10 heteroatoms. The second-order valence-corrected chi connectivity index (χ2v) is 11.1. The van der Waals surface area contributed by atoms with Gasteiger partial charge in [-0.3, -0.25) is 9.59 Å². The minimum Gasteiger partial charge on any atom is -0.326 e. The zero-order chi connectivity index (χ0) is 25.7. The van der Waals surface area contributed by atoms with Crippen LogP contribution in [0.1, 0.15) is 33.0 Å². The number of benzene rings is 3. The Bertz CT molecular complexity index is 1320. The number of carbonyl (C=O) groups is 2. The average Bonchev–Trinajstić information content (AvgIpc) is 3.34. The molecular formula is C25H18Cl5FN2O2. The molecule has 2 amide bonds. The van der Waals surface area contributed by atoms with Crippen LogP contribution in [0.15, 0.2) is 48.5 Å². The maximum Gasteiger partial charge on any atom is 0.257 e. The second-order valence-electron chi connectivity index (χ2n) is 8.39. The third kappa shape index (κ3) is 5.40. The average molecular weight is 575 g/mol. The fourth-order valence-electron chi connectivity index (χ4n) is 4.04. The molecule has 0 bridgehead atoms. The highest BCUT2D eigenvalue weighted by Gasteiger charge is 2.67. The van der Waals surface area contributed by atoms with E-state index in [0.717, 1.165) is 0 Å². The van der Waals surface area contributed by atoms with E-state index in [9.17, 15) is 14.0 Å². The van der Waals surface area contributed by atoms with Crippen LogP contribution in [0.2, 0.25) is 15.1 Å². The largest absolute Gasteiger partial charge is 0.326 e. The van der Waals surface area contributed by atoms with Crippen molar-refractivity contribution in [3.05, 3.63) is 91.7 Å². The van der Waals surface area contributed by atoms with Crippen LogP contribution in [-0.4, -0.2) is 16.1 Å². The molecule has 1 aliphatic carbocycles. The van der Waals surface area contributed by atoms with E-state index in [1.807, 2.05) is 0 Å². The first-order valence-electron chi connectivity index (χ1n) is 10.4. The minimum atomic E-state index is -1.34. The fourth-order valence-corrected chi connectivity index (χ4v) is 5.61. The Morgan fingerprint density at radius 3 is 2.06 bits per heavy atom. The van der Waals surface area contributed by atoms with E-state index in [-0.39, 0.29) is 16.4 Å². The summed E-state index contributed by atoms with van der Waals surface area (Å²) in [6.45, 7) is 3.22. The summed E-state index contributed by atoms with van der Waals surface area (Å²) >= 11 is 31.2. The van der Waals surface area contributed by atoms with E-state index in [0.29, 0.717) is 38.1 Å². The standard InChI is InChI=1S/C25H18Cl5FN2O2/c1-11-5-17(6-12(2)22(11)31)33-23(34)18-10-16(3-4-19(18)28)32-24(35)21-20(25(21,29)30)13-7-14(26)9-15(27)8-13/h3-10,20-21H,1-2H3,(H,32,35)(H,33,34)/t20-,21+/m1/s1.